The molecular formula is C4Cl2F6. The Morgan fingerprint density at radius 2 is 0.750 bits per heavy atom. The van der Waals surface area contributed by atoms with E-state index in [-0.39, 0.29) is 0 Å². The van der Waals surface area contributed by atoms with Gasteiger partial charge in [0.25, 0.3) is 0 Å². The summed E-state index contributed by atoms with van der Waals surface area (Å²) in [5.41, 5.74) is 0. The molecule has 0 N–H and O–H groups in total. The topological polar surface area (TPSA) is 0 Å². The summed E-state index contributed by atoms with van der Waals surface area (Å²) in [7, 11) is 0. The van der Waals surface area contributed by atoms with E-state index >= 15 is 0 Å². The van der Waals surface area contributed by atoms with Crippen molar-refractivity contribution in [2.45, 2.75) is 22.1 Å². The fraction of sp³-hybridized carbons (Fsp3) is 1.00. The predicted molar refractivity (Wildman–Crippen MR) is 29.3 cm³/mol. The molecule has 0 unspecified atom stereocenters. The molecule has 1 aliphatic rings. The van der Waals surface area contributed by atoms with Crippen LogP contribution in [0.3, 0.4) is 0 Å². The molecule has 0 amide bonds. The molecule has 0 aliphatic heterocycles. The van der Waals surface area contributed by atoms with Crippen LogP contribution in [0.5, 0.6) is 0 Å². The van der Waals surface area contributed by atoms with Gasteiger partial charge in [0, 0.05) is 0 Å². The molecule has 12 heavy (non-hydrogen) atoms. The minimum absolute atomic E-state index is 4.17. The van der Waals surface area contributed by atoms with E-state index in [2.05, 4.69) is 23.2 Å². The molecule has 0 aromatic rings. The van der Waals surface area contributed by atoms with Crippen molar-refractivity contribution in [3.8, 4) is 0 Å². The lowest BCUT2D eigenvalue weighted by atomic mass is 9.83. The quantitative estimate of drug-likeness (QED) is 0.445. The van der Waals surface area contributed by atoms with Crippen LogP contribution in [0.2, 0.25) is 0 Å². The van der Waals surface area contributed by atoms with Crippen LogP contribution >= 0.6 is 23.2 Å². The van der Waals surface area contributed by atoms with Gasteiger partial charge in [-0.1, -0.05) is 23.2 Å². The number of rotatable bonds is 0. The maximum atomic E-state index is 12.3. The fourth-order valence-electron chi connectivity index (χ4n) is 0.726. The first kappa shape index (κ1) is 10.2. The zero-order chi connectivity index (χ0) is 10.0. The van der Waals surface area contributed by atoms with Gasteiger partial charge in [0.15, 0.2) is 0 Å². The minimum atomic E-state index is -5.29. The second kappa shape index (κ2) is 1.97. The highest BCUT2D eigenvalue weighted by Gasteiger charge is 2.98. The lowest BCUT2D eigenvalue weighted by molar-refractivity contribution is -0.384. The van der Waals surface area contributed by atoms with Crippen LogP contribution in [0.4, 0.5) is 26.3 Å². The SMILES string of the molecule is FC1(F)C(F)(F)[C@@](F)(Cl)[C@]1(F)Cl. The predicted octanol–water partition coefficient (Wildman–Crippen LogP) is 3.08. The van der Waals surface area contributed by atoms with Crippen molar-refractivity contribution in [2.75, 3.05) is 0 Å². The summed E-state index contributed by atoms with van der Waals surface area (Å²) in [5.74, 6) is -10.6. The third-order valence-electron chi connectivity index (χ3n) is 1.58. The van der Waals surface area contributed by atoms with Crippen molar-refractivity contribution >= 4 is 23.2 Å². The number of alkyl halides is 8. The van der Waals surface area contributed by atoms with Gasteiger partial charge in [-0.3, -0.25) is 0 Å². The van der Waals surface area contributed by atoms with E-state index in [1.165, 1.54) is 0 Å². The molecule has 0 spiro atoms. The lowest BCUT2D eigenvalue weighted by Crippen LogP contribution is -2.81. The van der Waals surface area contributed by atoms with Crippen molar-refractivity contribution in [1.29, 1.82) is 0 Å². The zero-order valence-corrected chi connectivity index (χ0v) is 6.54. The first-order valence-corrected chi connectivity index (χ1v) is 3.27. The van der Waals surface area contributed by atoms with E-state index in [1.54, 1.807) is 0 Å². The first-order valence-electron chi connectivity index (χ1n) is 2.51. The van der Waals surface area contributed by atoms with Crippen LogP contribution in [0, 0.1) is 0 Å². The van der Waals surface area contributed by atoms with Gasteiger partial charge in [0.1, 0.15) is 0 Å². The molecule has 1 rings (SSSR count). The molecule has 0 bridgehead atoms. The van der Waals surface area contributed by atoms with E-state index in [0.717, 1.165) is 0 Å². The van der Waals surface area contributed by atoms with E-state index in [1.807, 2.05) is 0 Å². The third kappa shape index (κ3) is 0.652. The average molecular weight is 233 g/mol. The Morgan fingerprint density at radius 3 is 0.833 bits per heavy atom. The maximum Gasteiger partial charge on any atom is 0.366 e. The van der Waals surface area contributed by atoms with Gasteiger partial charge in [-0.15, -0.1) is 0 Å². The van der Waals surface area contributed by atoms with E-state index in [4.69, 9.17) is 0 Å². The van der Waals surface area contributed by atoms with Crippen molar-refractivity contribution in [1.82, 2.24) is 0 Å². The molecule has 1 fully saturated rings. The van der Waals surface area contributed by atoms with E-state index in [9.17, 15) is 26.3 Å². The monoisotopic (exact) mass is 232 g/mol. The highest BCUT2D eigenvalue weighted by Crippen LogP contribution is 2.71. The minimum Gasteiger partial charge on any atom is -0.214 e. The van der Waals surface area contributed by atoms with Gasteiger partial charge in [-0.25, -0.2) is 8.78 Å². The van der Waals surface area contributed by atoms with Crippen LogP contribution in [0.15, 0.2) is 0 Å². The Kier molecular flexibility index (Phi) is 1.68. The number of hydrogen-bond acceptors (Lipinski definition) is 0. The normalized spacial score (nSPS) is 50.0. The van der Waals surface area contributed by atoms with E-state index in [0.29, 0.717) is 0 Å². The molecule has 72 valence electrons. The van der Waals surface area contributed by atoms with E-state index < -0.39 is 22.1 Å². The molecule has 0 radical (unpaired) electrons. The standard InChI is InChI=1S/C4Cl2F6/c5-1(7)2(6,8)4(11,12)3(1,9)10/t1-,2-/m1/s1. The second-order valence-electron chi connectivity index (χ2n) is 2.30. The van der Waals surface area contributed by atoms with Crippen LogP contribution < -0.4 is 0 Å². The van der Waals surface area contributed by atoms with Gasteiger partial charge in [-0.05, 0) is 0 Å². The van der Waals surface area contributed by atoms with Crippen molar-refractivity contribution in [3.05, 3.63) is 0 Å². The number of hydrogen-bond donors (Lipinski definition) is 0. The highest BCUT2D eigenvalue weighted by atomic mass is 35.5. The van der Waals surface area contributed by atoms with Gasteiger partial charge < -0.3 is 0 Å². The summed E-state index contributed by atoms with van der Waals surface area (Å²) in [6.45, 7) is 0. The van der Waals surface area contributed by atoms with Crippen LogP contribution in [-0.2, 0) is 0 Å². The second-order valence-corrected chi connectivity index (χ2v) is 3.34. The summed E-state index contributed by atoms with van der Waals surface area (Å²) in [6.07, 6.45) is 0. The number of halogens is 8. The van der Waals surface area contributed by atoms with Crippen LogP contribution in [-0.4, -0.2) is 22.1 Å². The average Bonchev–Trinajstić information content (AvgIpc) is 1.84. The molecule has 0 nitrogen and oxygen atoms in total. The summed E-state index contributed by atoms with van der Waals surface area (Å²) < 4.78 is 72.6. The zero-order valence-electron chi connectivity index (χ0n) is 5.02. The van der Waals surface area contributed by atoms with Crippen molar-refractivity contribution < 1.29 is 26.3 Å². The van der Waals surface area contributed by atoms with Gasteiger partial charge in [0.05, 0.1) is 0 Å². The molecule has 8 heteroatoms. The Morgan fingerprint density at radius 1 is 0.583 bits per heavy atom. The highest BCUT2D eigenvalue weighted by molar-refractivity contribution is 6.36. The molecule has 0 aromatic heterocycles. The van der Waals surface area contributed by atoms with Crippen molar-refractivity contribution in [3.63, 3.8) is 0 Å². The smallest absolute Gasteiger partial charge is 0.214 e. The largest absolute Gasteiger partial charge is 0.366 e. The summed E-state index contributed by atoms with van der Waals surface area (Å²) in [6, 6.07) is 0. The Hall–Kier alpha value is 0.160. The fourth-order valence-corrected chi connectivity index (χ4v) is 1.20. The molecule has 0 aromatic carbocycles. The molecule has 0 saturated heterocycles. The summed E-state index contributed by atoms with van der Waals surface area (Å²) >= 11 is 8.34. The van der Waals surface area contributed by atoms with Crippen LogP contribution in [0.25, 0.3) is 0 Å². The first-order chi connectivity index (χ1) is 5.00. The van der Waals surface area contributed by atoms with Crippen molar-refractivity contribution in [2.24, 2.45) is 0 Å². The lowest BCUT2D eigenvalue weighted by Gasteiger charge is -2.51. The molecular weight excluding hydrogens is 233 g/mol. The summed E-state index contributed by atoms with van der Waals surface area (Å²) in [4.78, 5) is 0. The summed E-state index contributed by atoms with van der Waals surface area (Å²) in [5, 5.41) is -9.13. The van der Waals surface area contributed by atoms with Crippen LogP contribution in [0.1, 0.15) is 0 Å². The maximum absolute atomic E-state index is 12.3. The Balaban J connectivity index is 3.16. The molecule has 1 aliphatic carbocycles. The van der Waals surface area contributed by atoms with Gasteiger partial charge in [0.2, 0.25) is 0 Å². The van der Waals surface area contributed by atoms with Gasteiger partial charge in [-0.2, -0.15) is 17.6 Å². The third-order valence-corrected chi connectivity index (χ3v) is 2.67. The van der Waals surface area contributed by atoms with Gasteiger partial charge >= 0.3 is 22.1 Å². The molecule has 1 saturated carbocycles. The molecule has 2 atom stereocenters. The Bertz CT molecular complexity index is 158. The Labute approximate surface area is 72.4 Å². The molecule has 0 heterocycles.